The number of carbonyl (C=O) groups is 1. The van der Waals surface area contributed by atoms with Crippen molar-refractivity contribution < 1.29 is 14.1 Å². The summed E-state index contributed by atoms with van der Waals surface area (Å²) < 4.78 is 13.2. The average molecular weight is 297 g/mol. The fraction of sp³-hybridized carbons (Fsp3) is 0. The molecule has 0 saturated carbocycles. The molecule has 0 atom stereocenters. The summed E-state index contributed by atoms with van der Waals surface area (Å²) in [6.45, 7) is 0. The molecule has 102 valence electrons. The summed E-state index contributed by atoms with van der Waals surface area (Å²) in [4.78, 5) is 29.0. The minimum Gasteiger partial charge on any atom is -0.320 e. The molecule has 0 spiro atoms. The highest BCUT2D eigenvalue weighted by molar-refractivity contribution is 6.29. The molecule has 1 heterocycles. The summed E-state index contributed by atoms with van der Waals surface area (Å²) in [5, 5.41) is 12.9. The molecule has 7 nitrogen and oxygen atoms in total. The van der Waals surface area contributed by atoms with Crippen LogP contribution in [-0.2, 0) is 0 Å². The average Bonchev–Trinajstić information content (AvgIpc) is 2.37. The van der Waals surface area contributed by atoms with E-state index < -0.39 is 22.3 Å². The Morgan fingerprint density at radius 2 is 2.10 bits per heavy atom. The summed E-state index contributed by atoms with van der Waals surface area (Å²) in [5.74, 6) is -1.55. The van der Waals surface area contributed by atoms with Crippen LogP contribution >= 0.6 is 11.6 Å². The molecule has 0 aliphatic carbocycles. The van der Waals surface area contributed by atoms with Crippen LogP contribution in [0.1, 0.15) is 10.5 Å². The third-order valence-corrected chi connectivity index (χ3v) is 2.37. The van der Waals surface area contributed by atoms with E-state index in [0.717, 1.165) is 24.4 Å². The highest BCUT2D eigenvalue weighted by Crippen LogP contribution is 2.20. The first-order valence-corrected chi connectivity index (χ1v) is 5.57. The standard InChI is InChI=1S/C11H6ClFN4O3/c12-10-5-14-4-9(16-10)11(18)15-7-1-6(13)2-8(3-7)17(19)20/h1-5H,(H,15,18). The third kappa shape index (κ3) is 3.23. The molecule has 20 heavy (non-hydrogen) atoms. The number of hydrogen-bond acceptors (Lipinski definition) is 5. The third-order valence-electron chi connectivity index (χ3n) is 2.19. The first-order valence-electron chi connectivity index (χ1n) is 5.19. The molecular formula is C11H6ClFN4O3. The lowest BCUT2D eigenvalue weighted by molar-refractivity contribution is -0.385. The Balaban J connectivity index is 2.26. The summed E-state index contributed by atoms with van der Waals surface area (Å²) in [5.41, 5.74) is -0.634. The highest BCUT2D eigenvalue weighted by atomic mass is 35.5. The van der Waals surface area contributed by atoms with Gasteiger partial charge < -0.3 is 5.32 Å². The van der Waals surface area contributed by atoms with Gasteiger partial charge in [0.15, 0.2) is 0 Å². The number of anilines is 1. The van der Waals surface area contributed by atoms with Gasteiger partial charge in [0.1, 0.15) is 16.7 Å². The van der Waals surface area contributed by atoms with Gasteiger partial charge >= 0.3 is 0 Å². The van der Waals surface area contributed by atoms with Crippen LogP contribution in [0.2, 0.25) is 5.15 Å². The molecule has 9 heteroatoms. The van der Waals surface area contributed by atoms with Gasteiger partial charge in [-0.05, 0) is 6.07 Å². The predicted molar refractivity (Wildman–Crippen MR) is 68.0 cm³/mol. The maximum absolute atomic E-state index is 13.2. The molecule has 0 aliphatic heterocycles. The van der Waals surface area contributed by atoms with Gasteiger partial charge in [-0.15, -0.1) is 0 Å². The van der Waals surface area contributed by atoms with E-state index in [-0.39, 0.29) is 16.5 Å². The summed E-state index contributed by atoms with van der Waals surface area (Å²) in [6.07, 6.45) is 2.40. The number of halogens is 2. The molecule has 0 bridgehead atoms. The van der Waals surface area contributed by atoms with Crippen molar-refractivity contribution in [3.05, 3.63) is 57.4 Å². The lowest BCUT2D eigenvalue weighted by Crippen LogP contribution is -2.14. The Morgan fingerprint density at radius 1 is 1.35 bits per heavy atom. The molecule has 0 radical (unpaired) electrons. The summed E-state index contributed by atoms with van der Waals surface area (Å²) >= 11 is 5.58. The van der Waals surface area contributed by atoms with Crippen LogP contribution in [-0.4, -0.2) is 20.8 Å². The smallest absolute Gasteiger partial charge is 0.275 e. The number of hydrogen-bond donors (Lipinski definition) is 1. The second kappa shape index (κ2) is 5.57. The van der Waals surface area contributed by atoms with Crippen molar-refractivity contribution in [2.45, 2.75) is 0 Å². The number of benzene rings is 1. The number of nitrogens with zero attached hydrogens (tertiary/aromatic N) is 3. The van der Waals surface area contributed by atoms with Gasteiger partial charge in [0.2, 0.25) is 0 Å². The maximum atomic E-state index is 13.2. The largest absolute Gasteiger partial charge is 0.320 e. The monoisotopic (exact) mass is 296 g/mol. The van der Waals surface area contributed by atoms with Crippen LogP contribution in [0, 0.1) is 15.9 Å². The molecule has 0 saturated heterocycles. The Hall–Kier alpha value is -2.61. The zero-order valence-electron chi connectivity index (χ0n) is 9.71. The van der Waals surface area contributed by atoms with E-state index in [1.807, 2.05) is 0 Å². The van der Waals surface area contributed by atoms with E-state index in [4.69, 9.17) is 11.6 Å². The van der Waals surface area contributed by atoms with E-state index in [0.29, 0.717) is 0 Å². The van der Waals surface area contributed by atoms with Gasteiger partial charge in [-0.1, -0.05) is 11.6 Å². The Bertz CT molecular complexity index is 695. The van der Waals surface area contributed by atoms with E-state index in [1.165, 1.54) is 6.20 Å². The van der Waals surface area contributed by atoms with Crippen LogP contribution in [0.5, 0.6) is 0 Å². The molecule has 2 aromatic rings. The topological polar surface area (TPSA) is 98.0 Å². The fourth-order valence-corrected chi connectivity index (χ4v) is 1.55. The molecule has 0 fully saturated rings. The predicted octanol–water partition coefficient (Wildman–Crippen LogP) is 2.43. The summed E-state index contributed by atoms with van der Waals surface area (Å²) in [7, 11) is 0. The van der Waals surface area contributed by atoms with Crippen LogP contribution in [0.4, 0.5) is 15.8 Å². The maximum Gasteiger partial charge on any atom is 0.275 e. The zero-order valence-corrected chi connectivity index (χ0v) is 10.5. The quantitative estimate of drug-likeness (QED) is 0.693. The van der Waals surface area contributed by atoms with Gasteiger partial charge in [0.25, 0.3) is 11.6 Å². The normalized spacial score (nSPS) is 10.1. The molecule has 1 amide bonds. The van der Waals surface area contributed by atoms with Crippen molar-refractivity contribution in [1.82, 2.24) is 9.97 Å². The first-order chi connectivity index (χ1) is 9.45. The lowest BCUT2D eigenvalue weighted by Gasteiger charge is -2.04. The number of amides is 1. The van der Waals surface area contributed by atoms with Crippen LogP contribution in [0.15, 0.2) is 30.6 Å². The van der Waals surface area contributed by atoms with Crippen molar-refractivity contribution in [3.63, 3.8) is 0 Å². The molecule has 0 aliphatic rings. The van der Waals surface area contributed by atoms with Gasteiger partial charge in [0, 0.05) is 6.07 Å². The number of nitro benzene ring substituents is 1. The van der Waals surface area contributed by atoms with Crippen molar-refractivity contribution in [3.8, 4) is 0 Å². The van der Waals surface area contributed by atoms with Crippen molar-refractivity contribution >= 4 is 28.9 Å². The number of rotatable bonds is 3. The SMILES string of the molecule is O=C(Nc1cc(F)cc([N+](=O)[O-])c1)c1cncc(Cl)n1. The Kier molecular flexibility index (Phi) is 3.85. The number of carbonyl (C=O) groups excluding carboxylic acids is 1. The van der Waals surface area contributed by atoms with Gasteiger partial charge in [0.05, 0.1) is 29.1 Å². The second-order valence-electron chi connectivity index (χ2n) is 3.64. The minimum absolute atomic E-state index is 0.0165. The number of aromatic nitrogens is 2. The van der Waals surface area contributed by atoms with Crippen molar-refractivity contribution in [2.75, 3.05) is 5.32 Å². The highest BCUT2D eigenvalue weighted by Gasteiger charge is 2.13. The van der Waals surface area contributed by atoms with Crippen LogP contribution < -0.4 is 5.32 Å². The molecule has 2 rings (SSSR count). The van der Waals surface area contributed by atoms with Crippen LogP contribution in [0.3, 0.4) is 0 Å². The van der Waals surface area contributed by atoms with E-state index in [2.05, 4.69) is 15.3 Å². The van der Waals surface area contributed by atoms with E-state index in [9.17, 15) is 19.3 Å². The van der Waals surface area contributed by atoms with Gasteiger partial charge in [-0.2, -0.15) is 0 Å². The Labute approximate surface area is 116 Å². The zero-order chi connectivity index (χ0) is 14.7. The Morgan fingerprint density at radius 3 is 2.75 bits per heavy atom. The molecule has 1 N–H and O–H groups in total. The van der Waals surface area contributed by atoms with E-state index >= 15 is 0 Å². The van der Waals surface area contributed by atoms with Crippen molar-refractivity contribution in [1.29, 1.82) is 0 Å². The number of nitro groups is 1. The summed E-state index contributed by atoms with van der Waals surface area (Å²) in [6, 6.07) is 2.72. The fourth-order valence-electron chi connectivity index (χ4n) is 1.40. The second-order valence-corrected chi connectivity index (χ2v) is 4.02. The molecule has 1 aromatic carbocycles. The molecule has 1 aromatic heterocycles. The minimum atomic E-state index is -0.841. The van der Waals surface area contributed by atoms with Crippen LogP contribution in [0.25, 0.3) is 0 Å². The molecular weight excluding hydrogens is 291 g/mol. The number of nitrogens with one attached hydrogen (secondary N) is 1. The first kappa shape index (κ1) is 13.8. The molecule has 0 unspecified atom stereocenters. The van der Waals surface area contributed by atoms with Gasteiger partial charge in [-0.3, -0.25) is 19.9 Å². The van der Waals surface area contributed by atoms with E-state index in [1.54, 1.807) is 0 Å². The van der Waals surface area contributed by atoms with Gasteiger partial charge in [-0.25, -0.2) is 9.37 Å². The number of non-ortho nitro benzene ring substituents is 1. The van der Waals surface area contributed by atoms with Crippen molar-refractivity contribution in [2.24, 2.45) is 0 Å². The lowest BCUT2D eigenvalue weighted by atomic mass is 10.2.